The number of aromatic nitrogens is 1. The Hall–Kier alpha value is -2.38. The van der Waals surface area contributed by atoms with Crippen LogP contribution in [0.15, 0.2) is 30.3 Å². The van der Waals surface area contributed by atoms with Gasteiger partial charge in [0.1, 0.15) is 5.15 Å². The lowest BCUT2D eigenvalue weighted by molar-refractivity contribution is 0.100. The number of carbonyl (C=O) groups is 1. The first-order valence-corrected chi connectivity index (χ1v) is 6.98. The zero-order valence-corrected chi connectivity index (χ0v) is 11.9. The molecule has 0 radical (unpaired) electrons. The van der Waals surface area contributed by atoms with Crippen LogP contribution in [0.2, 0.25) is 5.15 Å². The Bertz CT molecular complexity index is 776. The van der Waals surface area contributed by atoms with Crippen molar-refractivity contribution in [1.29, 1.82) is 5.26 Å². The normalized spacial score (nSPS) is 13.7. The molecule has 0 unspecified atom stereocenters. The van der Waals surface area contributed by atoms with Crippen LogP contribution < -0.4 is 5.73 Å². The lowest BCUT2D eigenvalue weighted by atomic mass is 9.97. The van der Waals surface area contributed by atoms with E-state index in [2.05, 4.69) is 4.98 Å². The summed E-state index contributed by atoms with van der Waals surface area (Å²) in [5, 5.41) is 9.34. The SMILES string of the molecule is N#Cc1ccc(-c2cc(Cl)nc(C3CC3)c2)c(C(N)=O)c1. The van der Waals surface area contributed by atoms with Crippen LogP contribution in [0.1, 0.15) is 40.4 Å². The van der Waals surface area contributed by atoms with Gasteiger partial charge in [-0.2, -0.15) is 5.26 Å². The van der Waals surface area contributed by atoms with Crippen molar-refractivity contribution in [3.05, 3.63) is 52.3 Å². The monoisotopic (exact) mass is 297 g/mol. The van der Waals surface area contributed by atoms with Crippen molar-refractivity contribution in [3.8, 4) is 17.2 Å². The summed E-state index contributed by atoms with van der Waals surface area (Å²) in [5.74, 6) is -0.110. The van der Waals surface area contributed by atoms with Gasteiger partial charge in [0, 0.05) is 17.2 Å². The highest BCUT2D eigenvalue weighted by atomic mass is 35.5. The van der Waals surface area contributed by atoms with Crippen molar-refractivity contribution in [2.24, 2.45) is 5.73 Å². The number of nitrogens with zero attached hydrogens (tertiary/aromatic N) is 2. The zero-order chi connectivity index (χ0) is 15.0. The summed E-state index contributed by atoms with van der Waals surface area (Å²) in [4.78, 5) is 16.0. The molecular formula is C16H12ClN3O. The first-order valence-electron chi connectivity index (χ1n) is 6.60. The number of hydrogen-bond donors (Lipinski definition) is 1. The van der Waals surface area contributed by atoms with Gasteiger partial charge in [-0.3, -0.25) is 4.79 Å². The van der Waals surface area contributed by atoms with Gasteiger partial charge in [-0.1, -0.05) is 17.7 Å². The van der Waals surface area contributed by atoms with Gasteiger partial charge in [0.25, 0.3) is 0 Å². The Kier molecular flexibility index (Phi) is 3.36. The van der Waals surface area contributed by atoms with E-state index in [-0.39, 0.29) is 0 Å². The number of primary amides is 1. The van der Waals surface area contributed by atoms with E-state index in [0.717, 1.165) is 24.1 Å². The predicted octanol–water partition coefficient (Wildman–Crippen LogP) is 3.25. The molecule has 1 aromatic carbocycles. The molecule has 1 fully saturated rings. The van der Waals surface area contributed by atoms with E-state index in [1.54, 1.807) is 18.2 Å². The van der Waals surface area contributed by atoms with Crippen LogP contribution in [0.4, 0.5) is 0 Å². The average molecular weight is 298 g/mol. The number of pyridine rings is 1. The quantitative estimate of drug-likeness (QED) is 0.883. The number of halogens is 1. The van der Waals surface area contributed by atoms with Crippen LogP contribution in [0.25, 0.3) is 11.1 Å². The van der Waals surface area contributed by atoms with Crippen LogP contribution in [-0.4, -0.2) is 10.9 Å². The van der Waals surface area contributed by atoms with Crippen molar-refractivity contribution >= 4 is 17.5 Å². The number of carbonyl (C=O) groups excluding carboxylic acids is 1. The minimum atomic E-state index is -0.567. The molecule has 0 saturated heterocycles. The van der Waals surface area contributed by atoms with Gasteiger partial charge in [-0.25, -0.2) is 4.98 Å². The second-order valence-corrected chi connectivity index (χ2v) is 5.50. The van der Waals surface area contributed by atoms with Crippen LogP contribution in [0, 0.1) is 11.3 Å². The molecule has 1 saturated carbocycles. The van der Waals surface area contributed by atoms with E-state index in [4.69, 9.17) is 22.6 Å². The molecule has 0 aliphatic heterocycles. The molecule has 1 aromatic heterocycles. The molecule has 5 heteroatoms. The summed E-state index contributed by atoms with van der Waals surface area (Å²) in [5.41, 5.74) is 8.56. The molecule has 0 atom stereocenters. The highest BCUT2D eigenvalue weighted by Crippen LogP contribution is 2.41. The first-order chi connectivity index (χ1) is 10.1. The lowest BCUT2D eigenvalue weighted by Gasteiger charge is -2.09. The summed E-state index contributed by atoms with van der Waals surface area (Å²) >= 11 is 6.08. The second-order valence-electron chi connectivity index (χ2n) is 5.11. The fraction of sp³-hybridized carbons (Fsp3) is 0.188. The molecule has 3 rings (SSSR count). The Balaban J connectivity index is 2.16. The average Bonchev–Trinajstić information content (AvgIpc) is 3.30. The van der Waals surface area contributed by atoms with E-state index in [1.165, 1.54) is 6.07 Å². The summed E-state index contributed by atoms with van der Waals surface area (Å²) in [7, 11) is 0. The van der Waals surface area contributed by atoms with Crippen LogP contribution in [0.5, 0.6) is 0 Å². The Labute approximate surface area is 127 Å². The second kappa shape index (κ2) is 5.19. The molecule has 2 N–H and O–H groups in total. The Morgan fingerprint density at radius 2 is 2.10 bits per heavy atom. The van der Waals surface area contributed by atoms with Crippen LogP contribution in [0.3, 0.4) is 0 Å². The number of rotatable bonds is 3. The van der Waals surface area contributed by atoms with Gasteiger partial charge >= 0.3 is 0 Å². The fourth-order valence-corrected chi connectivity index (χ4v) is 2.55. The number of nitrogens with two attached hydrogens (primary N) is 1. The number of hydrogen-bond acceptors (Lipinski definition) is 3. The molecule has 4 nitrogen and oxygen atoms in total. The molecule has 0 spiro atoms. The molecule has 2 aromatic rings. The molecule has 0 bridgehead atoms. The van der Waals surface area contributed by atoms with Gasteiger partial charge in [0.2, 0.25) is 5.91 Å². The fourth-order valence-electron chi connectivity index (χ4n) is 2.33. The molecule has 1 aliphatic carbocycles. The highest BCUT2D eigenvalue weighted by Gasteiger charge is 2.26. The van der Waals surface area contributed by atoms with Gasteiger partial charge in [-0.05, 0) is 48.2 Å². The summed E-state index contributed by atoms with van der Waals surface area (Å²) in [6, 6.07) is 10.5. The van der Waals surface area contributed by atoms with E-state index in [1.807, 2.05) is 12.1 Å². The van der Waals surface area contributed by atoms with E-state index >= 15 is 0 Å². The largest absolute Gasteiger partial charge is 0.366 e. The summed E-state index contributed by atoms with van der Waals surface area (Å²) < 4.78 is 0. The predicted molar refractivity (Wildman–Crippen MR) is 79.9 cm³/mol. The van der Waals surface area contributed by atoms with Gasteiger partial charge in [0.15, 0.2) is 0 Å². The van der Waals surface area contributed by atoms with Crippen molar-refractivity contribution in [2.45, 2.75) is 18.8 Å². The molecule has 21 heavy (non-hydrogen) atoms. The summed E-state index contributed by atoms with van der Waals surface area (Å²) in [6.45, 7) is 0. The molecule has 1 heterocycles. The molecule has 1 amide bonds. The van der Waals surface area contributed by atoms with Crippen LogP contribution in [-0.2, 0) is 0 Å². The van der Waals surface area contributed by atoms with E-state index in [0.29, 0.717) is 27.8 Å². The third kappa shape index (κ3) is 2.74. The Morgan fingerprint density at radius 3 is 2.71 bits per heavy atom. The van der Waals surface area contributed by atoms with Crippen LogP contribution >= 0.6 is 11.6 Å². The third-order valence-electron chi connectivity index (χ3n) is 3.53. The van der Waals surface area contributed by atoms with E-state index < -0.39 is 5.91 Å². The summed E-state index contributed by atoms with van der Waals surface area (Å²) in [6.07, 6.45) is 2.23. The zero-order valence-electron chi connectivity index (χ0n) is 11.1. The van der Waals surface area contributed by atoms with Gasteiger partial charge in [-0.15, -0.1) is 0 Å². The maximum absolute atomic E-state index is 11.6. The minimum absolute atomic E-state index is 0.318. The maximum atomic E-state index is 11.6. The first kappa shape index (κ1) is 13.6. The molecule has 1 aliphatic rings. The smallest absolute Gasteiger partial charge is 0.249 e. The van der Waals surface area contributed by atoms with Crippen molar-refractivity contribution in [1.82, 2.24) is 4.98 Å². The number of amides is 1. The standard InChI is InChI=1S/C16H12ClN3O/c17-15-7-11(6-14(20-15)10-2-3-10)12-4-1-9(8-18)5-13(12)16(19)21/h1,4-7,10H,2-3H2,(H2,19,21). The maximum Gasteiger partial charge on any atom is 0.249 e. The van der Waals surface area contributed by atoms with Gasteiger partial charge in [0.05, 0.1) is 11.6 Å². The lowest BCUT2D eigenvalue weighted by Crippen LogP contribution is -2.12. The van der Waals surface area contributed by atoms with Crippen molar-refractivity contribution < 1.29 is 4.79 Å². The van der Waals surface area contributed by atoms with Crippen molar-refractivity contribution in [3.63, 3.8) is 0 Å². The third-order valence-corrected chi connectivity index (χ3v) is 3.73. The van der Waals surface area contributed by atoms with Gasteiger partial charge < -0.3 is 5.73 Å². The highest BCUT2D eigenvalue weighted by molar-refractivity contribution is 6.29. The van der Waals surface area contributed by atoms with E-state index in [9.17, 15) is 4.79 Å². The number of benzene rings is 1. The van der Waals surface area contributed by atoms with Crippen molar-refractivity contribution in [2.75, 3.05) is 0 Å². The topological polar surface area (TPSA) is 79.8 Å². The number of nitriles is 1. The molecular weight excluding hydrogens is 286 g/mol. The Morgan fingerprint density at radius 1 is 1.33 bits per heavy atom. The molecule has 104 valence electrons. The minimum Gasteiger partial charge on any atom is -0.366 e.